The molecule has 0 radical (unpaired) electrons. The molecule has 4 rings (SSSR count). The van der Waals surface area contributed by atoms with E-state index in [0.29, 0.717) is 11.5 Å². The highest BCUT2D eigenvalue weighted by Gasteiger charge is 2.19. The first-order chi connectivity index (χ1) is 13.5. The Bertz CT molecular complexity index is 1180. The van der Waals surface area contributed by atoms with E-state index in [4.69, 9.17) is 8.60 Å². The second-order valence-corrected chi connectivity index (χ2v) is 7.82. The molecule has 0 amide bonds. The fraction of sp³-hybridized carbons (Fsp3) is 0.0455. The standard InChI is InChI=1S/C22H17NO4S/c1-16-9-11-19(12-10-16)28(24,25)27-22-15-18(17-6-3-2-4-7-17)14-20(23-22)21-8-5-13-26-21/h2-15H,1H3. The normalized spacial score (nSPS) is 11.3. The van der Waals surface area contributed by atoms with Gasteiger partial charge in [-0.05, 0) is 48.4 Å². The van der Waals surface area contributed by atoms with Crippen molar-refractivity contribution >= 4 is 10.1 Å². The summed E-state index contributed by atoms with van der Waals surface area (Å²) in [6.45, 7) is 1.89. The molecule has 0 bridgehead atoms. The van der Waals surface area contributed by atoms with E-state index in [1.807, 2.05) is 43.3 Å². The molecule has 0 aliphatic rings. The summed E-state index contributed by atoms with van der Waals surface area (Å²) in [7, 11) is -4.01. The van der Waals surface area contributed by atoms with Gasteiger partial charge in [-0.3, -0.25) is 0 Å². The van der Waals surface area contributed by atoms with Crippen molar-refractivity contribution < 1.29 is 17.0 Å². The molecule has 2 aromatic carbocycles. The summed E-state index contributed by atoms with van der Waals surface area (Å²) in [5, 5.41) is 0. The highest BCUT2D eigenvalue weighted by atomic mass is 32.2. The summed E-state index contributed by atoms with van der Waals surface area (Å²) < 4.78 is 36.1. The van der Waals surface area contributed by atoms with E-state index < -0.39 is 10.1 Å². The van der Waals surface area contributed by atoms with Crippen LogP contribution in [0.1, 0.15) is 5.56 Å². The van der Waals surface area contributed by atoms with Gasteiger partial charge in [0.15, 0.2) is 5.76 Å². The minimum Gasteiger partial charge on any atom is -0.463 e. The number of pyridine rings is 1. The predicted molar refractivity (Wildman–Crippen MR) is 106 cm³/mol. The summed E-state index contributed by atoms with van der Waals surface area (Å²) >= 11 is 0. The number of rotatable bonds is 5. The van der Waals surface area contributed by atoms with E-state index in [1.54, 1.807) is 30.3 Å². The largest absolute Gasteiger partial charge is 0.463 e. The predicted octanol–water partition coefficient (Wildman–Crippen LogP) is 5.08. The molecule has 5 nitrogen and oxygen atoms in total. The Balaban J connectivity index is 1.78. The number of aromatic nitrogens is 1. The van der Waals surface area contributed by atoms with Crippen LogP contribution < -0.4 is 4.18 Å². The van der Waals surface area contributed by atoms with Crippen molar-refractivity contribution in [2.24, 2.45) is 0 Å². The first kappa shape index (κ1) is 18.0. The topological polar surface area (TPSA) is 69.4 Å². The first-order valence-electron chi connectivity index (χ1n) is 8.64. The zero-order chi connectivity index (χ0) is 19.6. The van der Waals surface area contributed by atoms with Crippen LogP contribution in [0.5, 0.6) is 5.88 Å². The lowest BCUT2D eigenvalue weighted by Gasteiger charge is -2.10. The Kier molecular flexibility index (Phi) is 4.71. The Morgan fingerprint density at radius 3 is 2.29 bits per heavy atom. The summed E-state index contributed by atoms with van der Waals surface area (Å²) in [5.41, 5.74) is 3.13. The Labute approximate surface area is 163 Å². The summed E-state index contributed by atoms with van der Waals surface area (Å²) in [5.74, 6) is 0.503. The van der Waals surface area contributed by atoms with E-state index in [9.17, 15) is 8.42 Å². The average Bonchev–Trinajstić information content (AvgIpc) is 3.23. The van der Waals surface area contributed by atoms with Gasteiger partial charge < -0.3 is 8.60 Å². The van der Waals surface area contributed by atoms with Crippen LogP contribution in [0.3, 0.4) is 0 Å². The molecule has 4 aromatic rings. The Morgan fingerprint density at radius 2 is 1.61 bits per heavy atom. The SMILES string of the molecule is Cc1ccc(S(=O)(=O)Oc2cc(-c3ccccc3)cc(-c3ccco3)n2)cc1. The number of furan rings is 1. The number of nitrogens with zero attached hydrogens (tertiary/aromatic N) is 1. The third-order valence-electron chi connectivity index (χ3n) is 4.19. The lowest BCUT2D eigenvalue weighted by Crippen LogP contribution is -2.11. The third kappa shape index (κ3) is 3.82. The van der Waals surface area contributed by atoms with Gasteiger partial charge in [0.05, 0.1) is 6.26 Å². The maximum Gasteiger partial charge on any atom is 0.340 e. The van der Waals surface area contributed by atoms with Crippen LogP contribution in [0.25, 0.3) is 22.6 Å². The highest BCUT2D eigenvalue weighted by molar-refractivity contribution is 7.87. The van der Waals surface area contributed by atoms with Gasteiger partial charge in [0.25, 0.3) is 0 Å². The molecule has 0 N–H and O–H groups in total. The maximum absolute atomic E-state index is 12.7. The minimum absolute atomic E-state index is 0.0201. The van der Waals surface area contributed by atoms with E-state index in [0.717, 1.165) is 16.7 Å². The number of hydrogen-bond donors (Lipinski definition) is 0. The molecule has 0 aliphatic carbocycles. The monoisotopic (exact) mass is 391 g/mol. The van der Waals surface area contributed by atoms with Gasteiger partial charge in [0, 0.05) is 6.07 Å². The first-order valence-corrected chi connectivity index (χ1v) is 10.0. The summed E-state index contributed by atoms with van der Waals surface area (Å²) in [4.78, 5) is 4.41. The van der Waals surface area contributed by atoms with E-state index in [2.05, 4.69) is 4.98 Å². The van der Waals surface area contributed by atoms with Crippen molar-refractivity contribution in [1.82, 2.24) is 4.98 Å². The number of aryl methyl sites for hydroxylation is 1. The van der Waals surface area contributed by atoms with E-state index in [-0.39, 0.29) is 10.8 Å². The lowest BCUT2D eigenvalue weighted by molar-refractivity contribution is 0.476. The van der Waals surface area contributed by atoms with Gasteiger partial charge >= 0.3 is 10.1 Å². The second-order valence-electron chi connectivity index (χ2n) is 6.27. The highest BCUT2D eigenvalue weighted by Crippen LogP contribution is 2.30. The van der Waals surface area contributed by atoms with Crippen LogP contribution in [0.4, 0.5) is 0 Å². The van der Waals surface area contributed by atoms with Crippen LogP contribution in [0.2, 0.25) is 0 Å². The van der Waals surface area contributed by atoms with Crippen molar-refractivity contribution in [2.75, 3.05) is 0 Å². The second kappa shape index (κ2) is 7.32. The molecule has 0 atom stereocenters. The maximum atomic E-state index is 12.7. The van der Waals surface area contributed by atoms with E-state index >= 15 is 0 Å². The average molecular weight is 391 g/mol. The molecule has 140 valence electrons. The van der Waals surface area contributed by atoms with Crippen LogP contribution >= 0.6 is 0 Å². The van der Waals surface area contributed by atoms with Crippen molar-refractivity contribution in [2.45, 2.75) is 11.8 Å². The van der Waals surface area contributed by atoms with Crippen molar-refractivity contribution in [3.8, 4) is 28.5 Å². The van der Waals surface area contributed by atoms with Crippen LogP contribution in [-0.2, 0) is 10.1 Å². The van der Waals surface area contributed by atoms with Gasteiger partial charge in [0.2, 0.25) is 5.88 Å². The summed E-state index contributed by atoms with van der Waals surface area (Å²) in [6, 6.07) is 23.0. The number of benzene rings is 2. The third-order valence-corrected chi connectivity index (χ3v) is 5.43. The smallest absolute Gasteiger partial charge is 0.340 e. The fourth-order valence-corrected chi connectivity index (χ4v) is 3.64. The van der Waals surface area contributed by atoms with Crippen LogP contribution in [0.15, 0.2) is 94.4 Å². The van der Waals surface area contributed by atoms with Crippen LogP contribution in [0, 0.1) is 6.92 Å². The van der Waals surface area contributed by atoms with Gasteiger partial charge in [-0.15, -0.1) is 0 Å². The molecule has 28 heavy (non-hydrogen) atoms. The minimum atomic E-state index is -4.01. The zero-order valence-electron chi connectivity index (χ0n) is 15.1. The van der Waals surface area contributed by atoms with Gasteiger partial charge in [0.1, 0.15) is 10.6 Å². The fourth-order valence-electron chi connectivity index (χ4n) is 2.76. The Hall–Kier alpha value is -3.38. The summed E-state index contributed by atoms with van der Waals surface area (Å²) in [6.07, 6.45) is 1.54. The quantitative estimate of drug-likeness (QED) is 0.444. The van der Waals surface area contributed by atoms with Crippen LogP contribution in [-0.4, -0.2) is 13.4 Å². The lowest BCUT2D eigenvalue weighted by atomic mass is 10.1. The molecule has 2 aromatic heterocycles. The molecule has 0 saturated carbocycles. The van der Waals surface area contributed by atoms with Crippen molar-refractivity contribution in [1.29, 1.82) is 0 Å². The van der Waals surface area contributed by atoms with Crippen molar-refractivity contribution in [3.05, 3.63) is 90.7 Å². The molecular formula is C22H17NO4S. The van der Waals surface area contributed by atoms with Gasteiger partial charge in [-0.25, -0.2) is 4.98 Å². The van der Waals surface area contributed by atoms with Gasteiger partial charge in [-0.2, -0.15) is 8.42 Å². The van der Waals surface area contributed by atoms with Crippen molar-refractivity contribution in [3.63, 3.8) is 0 Å². The molecule has 6 heteroatoms. The zero-order valence-corrected chi connectivity index (χ0v) is 15.9. The van der Waals surface area contributed by atoms with E-state index in [1.165, 1.54) is 18.4 Å². The molecule has 0 fully saturated rings. The molecule has 2 heterocycles. The number of hydrogen-bond acceptors (Lipinski definition) is 5. The molecule has 0 aliphatic heterocycles. The molecule has 0 spiro atoms. The molecule has 0 saturated heterocycles. The molecule has 0 unspecified atom stereocenters. The molecular weight excluding hydrogens is 374 g/mol. The Morgan fingerprint density at radius 1 is 0.857 bits per heavy atom. The van der Waals surface area contributed by atoms with Gasteiger partial charge in [-0.1, -0.05) is 48.0 Å².